The molecule has 0 saturated carbocycles. The SMILES string of the molecule is COc1ccccc1NC(=O)COc1c(Br)cc(C=NNc2nc(-c3ccccc3)c(C#N)c(=O)[nH]2)cc1OC. The molecule has 1 aromatic heterocycles. The van der Waals surface area contributed by atoms with E-state index >= 15 is 0 Å². The van der Waals surface area contributed by atoms with Crippen molar-refractivity contribution < 1.29 is 19.0 Å². The molecule has 1 heterocycles. The predicted octanol–water partition coefficient (Wildman–Crippen LogP) is 4.55. The number of H-pyrrole nitrogens is 1. The Morgan fingerprint density at radius 3 is 2.55 bits per heavy atom. The maximum atomic E-state index is 12.5. The van der Waals surface area contributed by atoms with E-state index in [1.165, 1.54) is 20.4 Å². The Labute approximate surface area is 237 Å². The van der Waals surface area contributed by atoms with Crippen LogP contribution < -0.4 is 30.5 Å². The number of carbonyl (C=O) groups is 1. The van der Waals surface area contributed by atoms with Gasteiger partial charge in [0, 0.05) is 5.56 Å². The lowest BCUT2D eigenvalue weighted by Gasteiger charge is -2.14. The van der Waals surface area contributed by atoms with Gasteiger partial charge < -0.3 is 19.5 Å². The van der Waals surface area contributed by atoms with Crippen LogP contribution >= 0.6 is 15.9 Å². The average Bonchev–Trinajstić information content (AvgIpc) is 2.96. The first kappa shape index (κ1) is 27.9. The number of para-hydroxylation sites is 2. The Morgan fingerprint density at radius 1 is 1.10 bits per heavy atom. The van der Waals surface area contributed by atoms with E-state index in [4.69, 9.17) is 14.2 Å². The highest BCUT2D eigenvalue weighted by molar-refractivity contribution is 9.10. The Hall–Kier alpha value is -5.15. The normalized spacial score (nSPS) is 10.6. The highest BCUT2D eigenvalue weighted by atomic mass is 79.9. The van der Waals surface area contributed by atoms with Gasteiger partial charge in [-0.2, -0.15) is 10.4 Å². The number of aromatic amines is 1. The topological polar surface area (TPSA) is 151 Å². The standard InChI is InChI=1S/C28H23BrN6O5/c1-38-22-11-7-6-10-21(22)32-24(36)16-40-26-20(29)12-17(13-23(26)39-2)15-31-35-28-33-25(18-8-4-3-5-9-18)19(14-30)27(37)34-28/h3-13,15H,16H2,1-2H3,(H,32,36)(H2,33,34,35,37). The first-order chi connectivity index (χ1) is 19.4. The number of amides is 1. The van der Waals surface area contributed by atoms with Crippen molar-refractivity contribution in [2.24, 2.45) is 5.10 Å². The van der Waals surface area contributed by atoms with Gasteiger partial charge in [0.1, 0.15) is 17.4 Å². The molecule has 12 heteroatoms. The number of halogens is 1. The van der Waals surface area contributed by atoms with Crippen LogP contribution in [0.2, 0.25) is 0 Å². The van der Waals surface area contributed by atoms with Crippen LogP contribution in [0, 0.1) is 11.3 Å². The summed E-state index contributed by atoms with van der Waals surface area (Å²) in [6, 6.07) is 21.2. The highest BCUT2D eigenvalue weighted by Gasteiger charge is 2.15. The Kier molecular flexibility index (Phi) is 9.11. The number of rotatable bonds is 10. The number of hydrogen-bond donors (Lipinski definition) is 3. The van der Waals surface area contributed by atoms with E-state index in [2.05, 4.69) is 41.7 Å². The number of nitriles is 1. The number of nitrogens with zero attached hydrogens (tertiary/aromatic N) is 3. The van der Waals surface area contributed by atoms with Gasteiger partial charge in [-0.05, 0) is 45.8 Å². The summed E-state index contributed by atoms with van der Waals surface area (Å²) in [6.45, 7) is -0.274. The summed E-state index contributed by atoms with van der Waals surface area (Å²) < 4.78 is 16.9. The predicted molar refractivity (Wildman–Crippen MR) is 154 cm³/mol. The van der Waals surface area contributed by atoms with Crippen molar-refractivity contribution in [3.63, 3.8) is 0 Å². The second-order valence-corrected chi connectivity index (χ2v) is 8.91. The zero-order valence-corrected chi connectivity index (χ0v) is 23.0. The van der Waals surface area contributed by atoms with E-state index in [9.17, 15) is 14.9 Å². The molecular formula is C28H23BrN6O5. The van der Waals surface area contributed by atoms with E-state index < -0.39 is 5.56 Å². The average molecular weight is 603 g/mol. The number of hydrogen-bond acceptors (Lipinski definition) is 9. The summed E-state index contributed by atoms with van der Waals surface area (Å²) in [6.07, 6.45) is 1.48. The molecular weight excluding hydrogens is 580 g/mol. The molecule has 11 nitrogen and oxygen atoms in total. The first-order valence-electron chi connectivity index (χ1n) is 11.8. The molecule has 0 aliphatic rings. The summed E-state index contributed by atoms with van der Waals surface area (Å²) in [5.74, 6) is 0.896. The largest absolute Gasteiger partial charge is 0.495 e. The number of anilines is 2. The summed E-state index contributed by atoms with van der Waals surface area (Å²) >= 11 is 3.45. The fourth-order valence-electron chi connectivity index (χ4n) is 3.63. The maximum Gasteiger partial charge on any atom is 0.270 e. The third kappa shape index (κ3) is 6.64. The van der Waals surface area contributed by atoms with Crippen molar-refractivity contribution in [3.05, 3.63) is 92.7 Å². The molecule has 4 aromatic rings. The third-order valence-corrected chi connectivity index (χ3v) is 6.03. The molecule has 0 bridgehead atoms. The molecule has 0 radical (unpaired) electrons. The second kappa shape index (κ2) is 13.1. The van der Waals surface area contributed by atoms with Gasteiger partial charge in [-0.3, -0.25) is 14.6 Å². The summed E-state index contributed by atoms with van der Waals surface area (Å²) in [7, 11) is 2.99. The van der Waals surface area contributed by atoms with Crippen molar-refractivity contribution in [3.8, 4) is 34.6 Å². The summed E-state index contributed by atoms with van der Waals surface area (Å²) in [5, 5.41) is 16.3. The molecule has 0 atom stereocenters. The van der Waals surface area contributed by atoms with E-state index in [-0.39, 0.29) is 29.7 Å². The van der Waals surface area contributed by atoms with Crippen LogP contribution in [-0.2, 0) is 4.79 Å². The van der Waals surface area contributed by atoms with Crippen molar-refractivity contribution >= 4 is 39.7 Å². The van der Waals surface area contributed by atoms with Gasteiger partial charge in [-0.25, -0.2) is 10.4 Å². The van der Waals surface area contributed by atoms with Crippen LogP contribution in [0.5, 0.6) is 17.2 Å². The molecule has 1 amide bonds. The zero-order chi connectivity index (χ0) is 28.5. The zero-order valence-electron chi connectivity index (χ0n) is 21.4. The third-order valence-electron chi connectivity index (χ3n) is 5.44. The van der Waals surface area contributed by atoms with E-state index in [0.29, 0.717) is 38.5 Å². The molecule has 0 fully saturated rings. The van der Waals surface area contributed by atoms with E-state index in [1.807, 2.05) is 12.1 Å². The molecule has 40 heavy (non-hydrogen) atoms. The van der Waals surface area contributed by atoms with Gasteiger partial charge >= 0.3 is 0 Å². The smallest absolute Gasteiger partial charge is 0.270 e. The first-order valence-corrected chi connectivity index (χ1v) is 12.5. The minimum absolute atomic E-state index is 0.0612. The molecule has 0 aliphatic carbocycles. The van der Waals surface area contributed by atoms with Crippen molar-refractivity contribution in [2.45, 2.75) is 0 Å². The fraction of sp³-hybridized carbons (Fsp3) is 0.107. The number of aromatic nitrogens is 2. The van der Waals surface area contributed by atoms with Crippen molar-refractivity contribution in [1.29, 1.82) is 5.26 Å². The molecule has 0 unspecified atom stereocenters. The molecule has 0 spiro atoms. The van der Waals surface area contributed by atoms with Gasteiger partial charge in [0.2, 0.25) is 5.95 Å². The van der Waals surface area contributed by atoms with Gasteiger partial charge in [0.15, 0.2) is 18.1 Å². The van der Waals surface area contributed by atoms with Crippen LogP contribution in [0.3, 0.4) is 0 Å². The number of ether oxygens (including phenoxy) is 3. The fourth-order valence-corrected chi connectivity index (χ4v) is 4.20. The van der Waals surface area contributed by atoms with Gasteiger partial charge in [0.25, 0.3) is 11.5 Å². The Morgan fingerprint density at radius 2 is 1.82 bits per heavy atom. The van der Waals surface area contributed by atoms with Gasteiger partial charge in [-0.15, -0.1) is 0 Å². The number of hydrazone groups is 1. The minimum atomic E-state index is -0.588. The number of carbonyl (C=O) groups excluding carboxylic acids is 1. The van der Waals surface area contributed by atoms with Crippen molar-refractivity contribution in [2.75, 3.05) is 31.6 Å². The van der Waals surface area contributed by atoms with Crippen LogP contribution in [0.1, 0.15) is 11.1 Å². The van der Waals surface area contributed by atoms with Gasteiger partial charge in [-0.1, -0.05) is 42.5 Å². The Bertz CT molecular complexity index is 1650. The monoisotopic (exact) mass is 602 g/mol. The quantitative estimate of drug-likeness (QED) is 0.177. The molecule has 0 saturated heterocycles. The van der Waals surface area contributed by atoms with Crippen LogP contribution in [-0.4, -0.2) is 42.9 Å². The molecule has 202 valence electrons. The molecule has 3 N–H and O–H groups in total. The highest BCUT2D eigenvalue weighted by Crippen LogP contribution is 2.36. The second-order valence-electron chi connectivity index (χ2n) is 8.06. The van der Waals surface area contributed by atoms with Gasteiger partial charge in [0.05, 0.1) is 36.3 Å². The van der Waals surface area contributed by atoms with E-state index in [0.717, 1.165) is 0 Å². The number of nitrogens with one attached hydrogen (secondary N) is 3. The Balaban J connectivity index is 1.47. The van der Waals surface area contributed by atoms with Crippen LogP contribution in [0.25, 0.3) is 11.3 Å². The number of benzene rings is 3. The molecule has 0 aliphatic heterocycles. The molecule has 3 aromatic carbocycles. The van der Waals surface area contributed by atoms with Crippen molar-refractivity contribution in [1.82, 2.24) is 9.97 Å². The summed E-state index contributed by atoms with van der Waals surface area (Å²) in [4.78, 5) is 31.7. The van der Waals surface area contributed by atoms with E-state index in [1.54, 1.807) is 60.7 Å². The van der Waals surface area contributed by atoms with Crippen LogP contribution in [0.15, 0.2) is 81.1 Å². The minimum Gasteiger partial charge on any atom is -0.495 e. The number of methoxy groups -OCH3 is 2. The lowest BCUT2D eigenvalue weighted by Crippen LogP contribution is -2.20. The lowest BCUT2D eigenvalue weighted by molar-refractivity contribution is -0.118. The van der Waals surface area contributed by atoms with Crippen LogP contribution in [0.4, 0.5) is 11.6 Å². The lowest BCUT2D eigenvalue weighted by atomic mass is 10.1. The maximum absolute atomic E-state index is 12.5. The molecule has 4 rings (SSSR count). The summed E-state index contributed by atoms with van der Waals surface area (Å²) in [5.41, 5.74) is 4.00.